The molecular weight excluding hydrogens is 302 g/mol. The Morgan fingerprint density at radius 2 is 2.25 bits per heavy atom. The number of pyridine rings is 1. The molecule has 2 aromatic rings. The summed E-state index contributed by atoms with van der Waals surface area (Å²) in [5.74, 6) is 1.52. The topological polar surface area (TPSA) is 66.2 Å². The largest absolute Gasteiger partial charge is 0.396 e. The van der Waals surface area contributed by atoms with E-state index in [2.05, 4.69) is 45.4 Å². The lowest BCUT2D eigenvalue weighted by molar-refractivity contribution is 0.135. The number of nitrogens with one attached hydrogen (secondary N) is 1. The van der Waals surface area contributed by atoms with Gasteiger partial charge in [-0.2, -0.15) is 5.10 Å². The predicted octanol–water partition coefficient (Wildman–Crippen LogP) is 0.961. The van der Waals surface area contributed by atoms with Gasteiger partial charge in [-0.15, -0.1) is 0 Å². The van der Waals surface area contributed by atoms with Gasteiger partial charge in [0.05, 0.1) is 18.8 Å². The second kappa shape index (κ2) is 5.86. The number of aromatic nitrogens is 3. The molecule has 0 aromatic carbocycles. The van der Waals surface area contributed by atoms with Gasteiger partial charge in [0.25, 0.3) is 0 Å². The van der Waals surface area contributed by atoms with Gasteiger partial charge in [-0.3, -0.25) is 4.68 Å². The van der Waals surface area contributed by atoms with Gasteiger partial charge in [0.1, 0.15) is 5.82 Å². The van der Waals surface area contributed by atoms with Crippen LogP contribution in [0.5, 0.6) is 0 Å². The zero-order chi connectivity index (χ0) is 16.7. The van der Waals surface area contributed by atoms with Crippen molar-refractivity contribution in [2.75, 3.05) is 37.7 Å². The van der Waals surface area contributed by atoms with E-state index in [1.165, 1.54) is 5.69 Å². The molecule has 0 amide bonds. The van der Waals surface area contributed by atoms with Crippen LogP contribution in [0.3, 0.4) is 0 Å². The molecule has 128 valence electrons. The fourth-order valence-electron chi connectivity index (χ4n) is 4.12. The number of anilines is 1. The lowest BCUT2D eigenvalue weighted by atomic mass is 9.82. The Morgan fingerprint density at radius 1 is 1.38 bits per heavy atom. The van der Waals surface area contributed by atoms with Crippen molar-refractivity contribution in [3.05, 3.63) is 41.3 Å². The van der Waals surface area contributed by atoms with Crippen LogP contribution in [0.2, 0.25) is 0 Å². The third kappa shape index (κ3) is 2.59. The Balaban J connectivity index is 1.48. The van der Waals surface area contributed by atoms with Crippen LogP contribution in [0.1, 0.15) is 17.0 Å². The van der Waals surface area contributed by atoms with Crippen molar-refractivity contribution in [2.24, 2.45) is 11.3 Å². The van der Waals surface area contributed by atoms with Gasteiger partial charge in [-0.1, -0.05) is 6.07 Å². The van der Waals surface area contributed by atoms with Gasteiger partial charge in [-0.05, 0) is 37.5 Å². The quantitative estimate of drug-likeness (QED) is 0.876. The second-order valence-electron chi connectivity index (χ2n) is 7.34. The summed E-state index contributed by atoms with van der Waals surface area (Å²) >= 11 is 0. The van der Waals surface area contributed by atoms with Crippen molar-refractivity contribution in [1.82, 2.24) is 20.1 Å². The number of rotatable bonds is 4. The third-order valence-electron chi connectivity index (χ3n) is 5.56. The first-order valence-corrected chi connectivity index (χ1v) is 8.62. The summed E-state index contributed by atoms with van der Waals surface area (Å²) in [5, 5.41) is 17.8. The lowest BCUT2D eigenvalue weighted by Crippen LogP contribution is -2.36. The van der Waals surface area contributed by atoms with Crippen LogP contribution < -0.4 is 10.2 Å². The third-order valence-corrected chi connectivity index (χ3v) is 5.56. The summed E-state index contributed by atoms with van der Waals surface area (Å²) in [7, 11) is 0. The van der Waals surface area contributed by atoms with Crippen LogP contribution in [0.4, 0.5) is 5.82 Å². The Kier molecular flexibility index (Phi) is 3.81. The SMILES string of the molecule is Cc1cc(C)n(Cc2ccc(N3CC4CNCC4(CO)C3)nc2)n1. The summed E-state index contributed by atoms with van der Waals surface area (Å²) in [4.78, 5) is 6.98. The number of aliphatic hydroxyl groups excluding tert-OH is 1. The van der Waals surface area contributed by atoms with E-state index < -0.39 is 0 Å². The second-order valence-corrected chi connectivity index (χ2v) is 7.34. The Bertz CT molecular complexity index is 726. The molecule has 4 heterocycles. The van der Waals surface area contributed by atoms with E-state index in [0.717, 1.165) is 49.8 Å². The van der Waals surface area contributed by atoms with Crippen molar-refractivity contribution in [3.63, 3.8) is 0 Å². The molecule has 2 N–H and O–H groups in total. The van der Waals surface area contributed by atoms with Gasteiger partial charge in [0, 0.05) is 43.5 Å². The molecule has 2 atom stereocenters. The molecule has 6 heteroatoms. The van der Waals surface area contributed by atoms with Crippen molar-refractivity contribution in [2.45, 2.75) is 20.4 Å². The molecule has 0 bridgehead atoms. The lowest BCUT2D eigenvalue weighted by Gasteiger charge is -2.25. The highest BCUT2D eigenvalue weighted by Gasteiger charge is 2.49. The first kappa shape index (κ1) is 15.6. The molecule has 0 saturated carbocycles. The maximum Gasteiger partial charge on any atom is 0.128 e. The fraction of sp³-hybridized carbons (Fsp3) is 0.556. The molecule has 0 aliphatic carbocycles. The highest BCUT2D eigenvalue weighted by Crippen LogP contribution is 2.39. The standard InChI is InChI=1S/C18H25N5O/c1-13-5-14(2)23(21-13)8-15-3-4-17(20-6-15)22-9-16-7-19-10-18(16,11-22)12-24/h3-6,16,19,24H,7-12H2,1-2H3. The van der Waals surface area contributed by atoms with Gasteiger partial charge < -0.3 is 15.3 Å². The van der Waals surface area contributed by atoms with E-state index in [4.69, 9.17) is 0 Å². The number of hydrogen-bond donors (Lipinski definition) is 2. The molecule has 0 spiro atoms. The van der Waals surface area contributed by atoms with E-state index in [1.54, 1.807) is 0 Å². The minimum Gasteiger partial charge on any atom is -0.396 e. The zero-order valence-corrected chi connectivity index (χ0v) is 14.4. The van der Waals surface area contributed by atoms with Gasteiger partial charge in [0.2, 0.25) is 0 Å². The molecule has 2 aliphatic heterocycles. The summed E-state index contributed by atoms with van der Waals surface area (Å²) in [6.07, 6.45) is 1.95. The van der Waals surface area contributed by atoms with E-state index in [-0.39, 0.29) is 12.0 Å². The molecule has 2 fully saturated rings. The Labute approximate surface area is 142 Å². The number of aliphatic hydroxyl groups is 1. The fourth-order valence-corrected chi connectivity index (χ4v) is 4.12. The Morgan fingerprint density at radius 3 is 2.88 bits per heavy atom. The zero-order valence-electron chi connectivity index (χ0n) is 14.4. The average Bonchev–Trinajstić information content (AvgIpc) is 3.20. The van der Waals surface area contributed by atoms with E-state index in [9.17, 15) is 5.11 Å². The molecule has 0 radical (unpaired) electrons. The molecule has 6 nitrogen and oxygen atoms in total. The monoisotopic (exact) mass is 327 g/mol. The normalized spacial score (nSPS) is 26.1. The number of fused-ring (bicyclic) bond motifs is 1. The van der Waals surface area contributed by atoms with Crippen molar-refractivity contribution < 1.29 is 5.11 Å². The maximum atomic E-state index is 9.83. The summed E-state index contributed by atoms with van der Waals surface area (Å²) in [6, 6.07) is 6.32. The van der Waals surface area contributed by atoms with E-state index >= 15 is 0 Å². The van der Waals surface area contributed by atoms with Gasteiger partial charge >= 0.3 is 0 Å². The van der Waals surface area contributed by atoms with E-state index in [0.29, 0.717) is 5.92 Å². The van der Waals surface area contributed by atoms with Crippen LogP contribution in [0, 0.1) is 25.2 Å². The smallest absolute Gasteiger partial charge is 0.128 e. The van der Waals surface area contributed by atoms with Crippen LogP contribution in [-0.2, 0) is 6.54 Å². The minimum absolute atomic E-state index is 0.00402. The molecule has 2 aromatic heterocycles. The van der Waals surface area contributed by atoms with Crippen LogP contribution in [-0.4, -0.2) is 52.7 Å². The summed E-state index contributed by atoms with van der Waals surface area (Å²) < 4.78 is 2.01. The van der Waals surface area contributed by atoms with Crippen LogP contribution in [0.25, 0.3) is 0 Å². The maximum absolute atomic E-state index is 9.83. The Hall–Kier alpha value is -1.92. The summed E-state index contributed by atoms with van der Waals surface area (Å²) in [5.41, 5.74) is 3.37. The van der Waals surface area contributed by atoms with Gasteiger partial charge in [-0.25, -0.2) is 4.98 Å². The van der Waals surface area contributed by atoms with Crippen molar-refractivity contribution in [1.29, 1.82) is 0 Å². The minimum atomic E-state index is 0.00402. The molecule has 24 heavy (non-hydrogen) atoms. The molecule has 4 rings (SSSR count). The highest BCUT2D eigenvalue weighted by molar-refractivity contribution is 5.42. The molecule has 2 unspecified atom stereocenters. The molecule has 2 aliphatic rings. The van der Waals surface area contributed by atoms with Gasteiger partial charge in [0.15, 0.2) is 0 Å². The van der Waals surface area contributed by atoms with Crippen LogP contribution >= 0.6 is 0 Å². The number of hydrogen-bond acceptors (Lipinski definition) is 5. The van der Waals surface area contributed by atoms with Crippen LogP contribution in [0.15, 0.2) is 24.4 Å². The highest BCUT2D eigenvalue weighted by atomic mass is 16.3. The van der Waals surface area contributed by atoms with E-state index in [1.807, 2.05) is 17.8 Å². The predicted molar refractivity (Wildman–Crippen MR) is 93.1 cm³/mol. The molecular formula is C18H25N5O. The van der Waals surface area contributed by atoms with Crippen molar-refractivity contribution in [3.8, 4) is 0 Å². The summed E-state index contributed by atoms with van der Waals surface area (Å²) in [6.45, 7) is 8.83. The first-order valence-electron chi connectivity index (χ1n) is 8.62. The first-order chi connectivity index (χ1) is 11.6. The number of nitrogens with zero attached hydrogens (tertiary/aromatic N) is 4. The number of aryl methyl sites for hydroxylation is 2. The van der Waals surface area contributed by atoms with Crippen molar-refractivity contribution >= 4 is 5.82 Å². The molecule has 2 saturated heterocycles. The average molecular weight is 327 g/mol.